The third-order valence-electron chi connectivity index (χ3n) is 3.56. The summed E-state index contributed by atoms with van der Waals surface area (Å²) in [6, 6.07) is 7.81. The molecule has 0 amide bonds. The Morgan fingerprint density at radius 3 is 2.46 bits per heavy atom. The molecule has 0 heterocycles. The number of para-hydroxylation sites is 1. The SMILES string of the molecule is CN=C(NCCCN(C)CC(F)(F)F)NCCc1ccccc1OC.I. The van der Waals surface area contributed by atoms with Crippen LogP contribution < -0.4 is 15.4 Å². The van der Waals surface area contributed by atoms with Gasteiger partial charge in [-0.2, -0.15) is 13.2 Å². The third-order valence-corrected chi connectivity index (χ3v) is 3.56. The highest BCUT2D eigenvalue weighted by molar-refractivity contribution is 14.0. The molecule has 0 aromatic heterocycles. The molecule has 5 nitrogen and oxygen atoms in total. The molecule has 0 bridgehead atoms. The number of methoxy groups -OCH3 is 1. The Hall–Kier alpha value is -1.23. The largest absolute Gasteiger partial charge is 0.496 e. The fourth-order valence-electron chi connectivity index (χ4n) is 2.39. The fraction of sp³-hybridized carbons (Fsp3) is 0.588. The van der Waals surface area contributed by atoms with Crippen molar-refractivity contribution in [2.75, 3.05) is 47.4 Å². The Morgan fingerprint density at radius 1 is 1.19 bits per heavy atom. The number of nitrogens with zero attached hydrogens (tertiary/aromatic N) is 2. The number of guanidine groups is 1. The lowest BCUT2D eigenvalue weighted by Crippen LogP contribution is -2.40. The average Bonchev–Trinajstić information content (AvgIpc) is 2.55. The number of ether oxygens (including phenoxy) is 1. The minimum Gasteiger partial charge on any atom is -0.496 e. The van der Waals surface area contributed by atoms with E-state index in [-0.39, 0.29) is 24.0 Å². The second kappa shape index (κ2) is 13.0. The highest BCUT2D eigenvalue weighted by atomic mass is 127. The summed E-state index contributed by atoms with van der Waals surface area (Å²) < 4.78 is 42.0. The average molecular weight is 488 g/mol. The second-order valence-electron chi connectivity index (χ2n) is 5.69. The molecule has 0 unspecified atom stereocenters. The van der Waals surface area contributed by atoms with E-state index in [4.69, 9.17) is 4.74 Å². The van der Waals surface area contributed by atoms with Crippen LogP contribution in [0.3, 0.4) is 0 Å². The van der Waals surface area contributed by atoms with Gasteiger partial charge in [-0.3, -0.25) is 9.89 Å². The molecule has 0 aliphatic carbocycles. The zero-order valence-electron chi connectivity index (χ0n) is 15.4. The van der Waals surface area contributed by atoms with Crippen LogP contribution in [0.5, 0.6) is 5.75 Å². The molecule has 1 rings (SSSR count). The zero-order valence-corrected chi connectivity index (χ0v) is 17.7. The molecule has 0 spiro atoms. The smallest absolute Gasteiger partial charge is 0.401 e. The van der Waals surface area contributed by atoms with Crippen molar-refractivity contribution in [2.24, 2.45) is 4.99 Å². The maximum atomic E-state index is 12.2. The Balaban J connectivity index is 0.00000625. The van der Waals surface area contributed by atoms with Gasteiger partial charge in [0.25, 0.3) is 0 Å². The van der Waals surface area contributed by atoms with Crippen LogP contribution in [0.4, 0.5) is 13.2 Å². The lowest BCUT2D eigenvalue weighted by molar-refractivity contribution is -0.143. The molecule has 9 heteroatoms. The van der Waals surface area contributed by atoms with E-state index in [1.54, 1.807) is 14.2 Å². The number of nitrogens with one attached hydrogen (secondary N) is 2. The number of aliphatic imine (C=N–C) groups is 1. The van der Waals surface area contributed by atoms with Gasteiger partial charge in [0.15, 0.2) is 5.96 Å². The van der Waals surface area contributed by atoms with Crippen LogP contribution in [0.2, 0.25) is 0 Å². The van der Waals surface area contributed by atoms with E-state index in [2.05, 4.69) is 15.6 Å². The Labute approximate surface area is 170 Å². The van der Waals surface area contributed by atoms with Gasteiger partial charge in [0.1, 0.15) is 5.75 Å². The van der Waals surface area contributed by atoms with E-state index >= 15 is 0 Å². The molecule has 26 heavy (non-hydrogen) atoms. The second-order valence-corrected chi connectivity index (χ2v) is 5.69. The van der Waals surface area contributed by atoms with Gasteiger partial charge in [-0.25, -0.2) is 0 Å². The Kier molecular flexibility index (Phi) is 12.4. The number of alkyl halides is 3. The highest BCUT2D eigenvalue weighted by Crippen LogP contribution is 2.17. The minimum atomic E-state index is -4.15. The first kappa shape index (κ1) is 24.8. The zero-order chi connectivity index (χ0) is 18.7. The summed E-state index contributed by atoms with van der Waals surface area (Å²) in [5, 5.41) is 6.29. The van der Waals surface area contributed by atoms with Crippen molar-refractivity contribution in [1.29, 1.82) is 0 Å². The van der Waals surface area contributed by atoms with Crippen LogP contribution in [0.15, 0.2) is 29.3 Å². The molecule has 0 saturated heterocycles. The van der Waals surface area contributed by atoms with Gasteiger partial charge < -0.3 is 15.4 Å². The molecule has 0 fully saturated rings. The molecule has 1 aromatic carbocycles. The lowest BCUT2D eigenvalue weighted by atomic mass is 10.1. The summed E-state index contributed by atoms with van der Waals surface area (Å²) in [6.07, 6.45) is -2.78. The monoisotopic (exact) mass is 488 g/mol. The molecule has 1 aromatic rings. The van der Waals surface area contributed by atoms with Crippen molar-refractivity contribution in [3.8, 4) is 5.75 Å². The maximum absolute atomic E-state index is 12.2. The summed E-state index contributed by atoms with van der Waals surface area (Å²) in [6.45, 7) is 0.703. The van der Waals surface area contributed by atoms with E-state index in [9.17, 15) is 13.2 Å². The summed E-state index contributed by atoms with van der Waals surface area (Å²) in [5.74, 6) is 1.48. The van der Waals surface area contributed by atoms with Crippen LogP contribution in [0.1, 0.15) is 12.0 Å². The number of hydrogen-bond acceptors (Lipinski definition) is 3. The van der Waals surface area contributed by atoms with Gasteiger partial charge in [-0.1, -0.05) is 18.2 Å². The molecular formula is C17H28F3IN4O. The summed E-state index contributed by atoms with van der Waals surface area (Å²) in [4.78, 5) is 5.37. The Bertz CT molecular complexity index is 541. The Morgan fingerprint density at radius 2 is 1.85 bits per heavy atom. The van der Waals surface area contributed by atoms with Gasteiger partial charge in [-0.15, -0.1) is 24.0 Å². The summed E-state index contributed by atoms with van der Waals surface area (Å²) in [7, 11) is 4.77. The quantitative estimate of drug-likeness (QED) is 0.243. The van der Waals surface area contributed by atoms with Gasteiger partial charge >= 0.3 is 6.18 Å². The summed E-state index contributed by atoms with van der Waals surface area (Å²) in [5.41, 5.74) is 1.10. The third kappa shape index (κ3) is 10.7. The predicted octanol–water partition coefficient (Wildman–Crippen LogP) is 2.90. The lowest BCUT2D eigenvalue weighted by Gasteiger charge is -2.19. The molecule has 0 atom stereocenters. The van der Waals surface area contributed by atoms with Crippen molar-refractivity contribution >= 4 is 29.9 Å². The molecule has 0 aliphatic rings. The van der Waals surface area contributed by atoms with E-state index < -0.39 is 12.7 Å². The van der Waals surface area contributed by atoms with Crippen LogP contribution in [0.25, 0.3) is 0 Å². The molecule has 0 aliphatic heterocycles. The molecular weight excluding hydrogens is 460 g/mol. The van der Waals surface area contributed by atoms with E-state index in [1.807, 2.05) is 24.3 Å². The van der Waals surface area contributed by atoms with Crippen LogP contribution in [0, 0.1) is 0 Å². The van der Waals surface area contributed by atoms with Crippen molar-refractivity contribution < 1.29 is 17.9 Å². The van der Waals surface area contributed by atoms with Gasteiger partial charge in [0.2, 0.25) is 0 Å². The predicted molar refractivity (Wildman–Crippen MR) is 110 cm³/mol. The molecule has 150 valence electrons. The number of benzene rings is 1. The first-order valence-corrected chi connectivity index (χ1v) is 8.17. The van der Waals surface area contributed by atoms with Crippen molar-refractivity contribution in [2.45, 2.75) is 19.0 Å². The molecule has 2 N–H and O–H groups in total. The standard InChI is InChI=1S/C17H27F3N4O.HI/c1-21-16(22-10-6-12-24(2)13-17(18,19)20)23-11-9-14-7-4-5-8-15(14)25-3;/h4-5,7-8H,6,9-13H2,1-3H3,(H2,21,22,23);1H. The van der Waals surface area contributed by atoms with E-state index in [0.717, 1.165) is 17.7 Å². The number of halogens is 4. The summed E-state index contributed by atoms with van der Waals surface area (Å²) >= 11 is 0. The van der Waals surface area contributed by atoms with Crippen molar-refractivity contribution in [3.63, 3.8) is 0 Å². The minimum absolute atomic E-state index is 0. The topological polar surface area (TPSA) is 48.9 Å². The first-order chi connectivity index (χ1) is 11.9. The van der Waals surface area contributed by atoms with Crippen molar-refractivity contribution in [3.05, 3.63) is 29.8 Å². The molecule has 0 radical (unpaired) electrons. The van der Waals surface area contributed by atoms with Gasteiger partial charge in [-0.05, 0) is 38.1 Å². The van der Waals surface area contributed by atoms with Gasteiger partial charge in [0.05, 0.1) is 13.7 Å². The van der Waals surface area contributed by atoms with E-state index in [1.165, 1.54) is 11.9 Å². The first-order valence-electron chi connectivity index (χ1n) is 8.17. The van der Waals surface area contributed by atoms with Gasteiger partial charge in [0, 0.05) is 20.1 Å². The van der Waals surface area contributed by atoms with E-state index in [0.29, 0.717) is 32.0 Å². The normalized spacial score (nSPS) is 11.9. The fourth-order valence-corrected chi connectivity index (χ4v) is 2.39. The van der Waals surface area contributed by atoms with Crippen molar-refractivity contribution in [1.82, 2.24) is 15.5 Å². The van der Waals surface area contributed by atoms with Crippen LogP contribution in [-0.2, 0) is 6.42 Å². The van der Waals surface area contributed by atoms with Crippen LogP contribution >= 0.6 is 24.0 Å². The number of rotatable bonds is 9. The molecule has 0 saturated carbocycles. The number of hydrogen-bond donors (Lipinski definition) is 2. The maximum Gasteiger partial charge on any atom is 0.401 e. The highest BCUT2D eigenvalue weighted by Gasteiger charge is 2.28. The van der Waals surface area contributed by atoms with Crippen LogP contribution in [-0.4, -0.2) is 64.4 Å².